The molecule has 0 bridgehead atoms. The van der Waals surface area contributed by atoms with Crippen LogP contribution in [0.15, 0.2) is 29.9 Å². The number of ether oxygens (including phenoxy) is 1. The molecule has 1 aliphatic rings. The fraction of sp³-hybridized carbons (Fsp3) is 0.438. The minimum atomic E-state index is -0.000196. The van der Waals surface area contributed by atoms with Crippen molar-refractivity contribution in [2.24, 2.45) is 5.16 Å². The van der Waals surface area contributed by atoms with E-state index < -0.39 is 0 Å². The fourth-order valence-electron chi connectivity index (χ4n) is 2.54. The largest absolute Gasteiger partial charge is 0.493 e. The van der Waals surface area contributed by atoms with Crippen LogP contribution in [0.1, 0.15) is 37.0 Å². The van der Waals surface area contributed by atoms with Crippen LogP contribution in [0, 0.1) is 6.92 Å². The smallest absolute Gasteiger partial charge is 0.201 e. The van der Waals surface area contributed by atoms with E-state index in [-0.39, 0.29) is 6.10 Å². The van der Waals surface area contributed by atoms with Gasteiger partial charge in [-0.1, -0.05) is 5.16 Å². The van der Waals surface area contributed by atoms with Crippen LogP contribution in [0.5, 0.6) is 5.75 Å². The van der Waals surface area contributed by atoms with Crippen LogP contribution >= 0.6 is 0 Å². The van der Waals surface area contributed by atoms with Crippen LogP contribution < -0.4 is 4.74 Å². The number of benzene rings is 1. The molecule has 0 aliphatic carbocycles. The summed E-state index contributed by atoms with van der Waals surface area (Å²) in [4.78, 5) is 9.45. The first-order valence-corrected chi connectivity index (χ1v) is 7.51. The Morgan fingerprint density at radius 1 is 1.41 bits per heavy atom. The maximum Gasteiger partial charge on any atom is 0.201 e. The molecule has 0 radical (unpaired) electrons. The summed E-state index contributed by atoms with van der Waals surface area (Å²) in [7, 11) is 0. The van der Waals surface area contributed by atoms with Gasteiger partial charge < -0.3 is 9.57 Å². The molecule has 0 N–H and O–H groups in total. The summed E-state index contributed by atoms with van der Waals surface area (Å²) in [5.41, 5.74) is 3.37. The monoisotopic (exact) mass is 300 g/mol. The third-order valence-electron chi connectivity index (χ3n) is 3.61. The van der Waals surface area contributed by atoms with Crippen molar-refractivity contribution < 1.29 is 9.57 Å². The highest BCUT2D eigenvalue weighted by molar-refractivity contribution is 6.01. The molecule has 6 heteroatoms. The predicted octanol–water partition coefficient (Wildman–Crippen LogP) is 2.55. The maximum atomic E-state index is 5.72. The van der Waals surface area contributed by atoms with Crippen molar-refractivity contribution in [3.05, 3.63) is 41.5 Å². The number of nitrogens with zero attached hydrogens (tertiary/aromatic N) is 4. The van der Waals surface area contributed by atoms with Crippen molar-refractivity contribution in [3.63, 3.8) is 0 Å². The maximum absolute atomic E-state index is 5.72. The van der Waals surface area contributed by atoms with Gasteiger partial charge in [0.05, 0.1) is 6.61 Å². The average molecular weight is 300 g/mol. The molecule has 2 aromatic rings. The Labute approximate surface area is 129 Å². The lowest BCUT2D eigenvalue weighted by Gasteiger charge is -2.21. The summed E-state index contributed by atoms with van der Waals surface area (Å²) in [5, 5.41) is 8.47. The summed E-state index contributed by atoms with van der Waals surface area (Å²) in [6.07, 6.45) is 5.17. The zero-order chi connectivity index (χ0) is 15.5. The van der Waals surface area contributed by atoms with Crippen LogP contribution in [0.2, 0.25) is 0 Å². The van der Waals surface area contributed by atoms with Gasteiger partial charge in [0, 0.05) is 5.56 Å². The molecule has 0 amide bonds. The standard InChI is InChI=1S/C16H20N4O2/c1-11(2)22-19-16(20-10-17-9-18-20)14-6-7-15-13(12(14)3)5-4-8-21-15/h6-7,9-11H,4-5,8H2,1-3H3/b19-16-. The van der Waals surface area contributed by atoms with Gasteiger partial charge in [-0.3, -0.25) is 0 Å². The van der Waals surface area contributed by atoms with Gasteiger partial charge in [0.1, 0.15) is 24.5 Å². The van der Waals surface area contributed by atoms with E-state index in [1.54, 1.807) is 11.0 Å². The molecule has 2 heterocycles. The molecule has 116 valence electrons. The van der Waals surface area contributed by atoms with Crippen LogP contribution in [0.25, 0.3) is 0 Å². The normalized spacial score (nSPS) is 14.6. The molecule has 22 heavy (non-hydrogen) atoms. The molecule has 0 fully saturated rings. The first kappa shape index (κ1) is 14.6. The minimum Gasteiger partial charge on any atom is -0.493 e. The summed E-state index contributed by atoms with van der Waals surface area (Å²) in [6, 6.07) is 4.00. The van der Waals surface area contributed by atoms with Crippen molar-refractivity contribution in [3.8, 4) is 5.75 Å². The molecule has 0 saturated heterocycles. The van der Waals surface area contributed by atoms with E-state index in [1.807, 2.05) is 26.0 Å². The number of aromatic nitrogens is 3. The lowest BCUT2D eigenvalue weighted by atomic mass is 9.96. The number of hydrogen-bond donors (Lipinski definition) is 0. The molecule has 0 spiro atoms. The minimum absolute atomic E-state index is 0.000196. The third-order valence-corrected chi connectivity index (χ3v) is 3.61. The topological polar surface area (TPSA) is 61.5 Å². The van der Waals surface area contributed by atoms with E-state index in [4.69, 9.17) is 9.57 Å². The van der Waals surface area contributed by atoms with Crippen molar-refractivity contribution in [1.82, 2.24) is 14.8 Å². The van der Waals surface area contributed by atoms with E-state index in [0.29, 0.717) is 5.84 Å². The van der Waals surface area contributed by atoms with Gasteiger partial charge in [0.15, 0.2) is 0 Å². The Morgan fingerprint density at radius 2 is 2.27 bits per heavy atom. The molecule has 3 rings (SSSR count). The lowest BCUT2D eigenvalue weighted by molar-refractivity contribution is 0.0851. The summed E-state index contributed by atoms with van der Waals surface area (Å²) >= 11 is 0. The Hall–Kier alpha value is -2.37. The van der Waals surface area contributed by atoms with Crippen molar-refractivity contribution in [1.29, 1.82) is 0 Å². The second kappa shape index (κ2) is 6.17. The highest BCUT2D eigenvalue weighted by atomic mass is 16.6. The van der Waals surface area contributed by atoms with E-state index in [9.17, 15) is 0 Å². The zero-order valence-electron chi connectivity index (χ0n) is 13.1. The first-order chi connectivity index (χ1) is 10.7. The number of oxime groups is 1. The SMILES string of the molecule is Cc1c(/C(=N/OC(C)C)n2cncn2)ccc2c1CCCO2. The second-order valence-electron chi connectivity index (χ2n) is 5.58. The van der Waals surface area contributed by atoms with Crippen LogP contribution in [0.3, 0.4) is 0 Å². The molecule has 1 aromatic heterocycles. The summed E-state index contributed by atoms with van der Waals surface area (Å²) in [6.45, 7) is 6.75. The third kappa shape index (κ3) is 2.81. The van der Waals surface area contributed by atoms with Crippen LogP contribution in [-0.4, -0.2) is 33.3 Å². The fourth-order valence-corrected chi connectivity index (χ4v) is 2.54. The number of rotatable bonds is 3. The molecule has 1 aromatic carbocycles. The van der Waals surface area contributed by atoms with Gasteiger partial charge >= 0.3 is 0 Å². The van der Waals surface area contributed by atoms with Gasteiger partial charge in [-0.15, -0.1) is 0 Å². The highest BCUT2D eigenvalue weighted by Gasteiger charge is 2.19. The van der Waals surface area contributed by atoms with Crippen molar-refractivity contribution >= 4 is 5.84 Å². The predicted molar refractivity (Wildman–Crippen MR) is 83.2 cm³/mol. The van der Waals surface area contributed by atoms with E-state index in [2.05, 4.69) is 22.2 Å². The Balaban J connectivity index is 2.07. The zero-order valence-corrected chi connectivity index (χ0v) is 13.1. The molecule has 1 aliphatic heterocycles. The van der Waals surface area contributed by atoms with Crippen LogP contribution in [0.4, 0.5) is 0 Å². The Morgan fingerprint density at radius 3 is 3.00 bits per heavy atom. The highest BCUT2D eigenvalue weighted by Crippen LogP contribution is 2.30. The van der Waals surface area contributed by atoms with Gasteiger partial charge in [0.25, 0.3) is 0 Å². The quantitative estimate of drug-likeness (QED) is 0.496. The second-order valence-corrected chi connectivity index (χ2v) is 5.58. The van der Waals surface area contributed by atoms with Crippen molar-refractivity contribution in [2.75, 3.05) is 6.61 Å². The summed E-state index contributed by atoms with van der Waals surface area (Å²) in [5.74, 6) is 1.60. The van der Waals surface area contributed by atoms with Gasteiger partial charge in [-0.2, -0.15) is 9.78 Å². The van der Waals surface area contributed by atoms with E-state index >= 15 is 0 Å². The molecule has 0 unspecified atom stereocenters. The van der Waals surface area contributed by atoms with Gasteiger partial charge in [-0.25, -0.2) is 4.98 Å². The Kier molecular flexibility index (Phi) is 4.09. The van der Waals surface area contributed by atoms with E-state index in [0.717, 1.165) is 36.3 Å². The van der Waals surface area contributed by atoms with E-state index in [1.165, 1.54) is 11.9 Å². The van der Waals surface area contributed by atoms with Gasteiger partial charge in [0.2, 0.25) is 5.84 Å². The Bertz CT molecular complexity index is 678. The average Bonchev–Trinajstić information content (AvgIpc) is 3.03. The molecular formula is C16H20N4O2. The molecule has 0 saturated carbocycles. The van der Waals surface area contributed by atoms with Gasteiger partial charge in [-0.05, 0) is 56.9 Å². The number of hydrogen-bond acceptors (Lipinski definition) is 5. The lowest BCUT2D eigenvalue weighted by Crippen LogP contribution is -2.19. The first-order valence-electron chi connectivity index (χ1n) is 7.51. The molecular weight excluding hydrogens is 280 g/mol. The molecule has 0 atom stereocenters. The summed E-state index contributed by atoms with van der Waals surface area (Å²) < 4.78 is 7.35. The molecule has 6 nitrogen and oxygen atoms in total. The van der Waals surface area contributed by atoms with Crippen molar-refractivity contribution in [2.45, 2.75) is 39.7 Å². The van der Waals surface area contributed by atoms with Crippen LogP contribution in [-0.2, 0) is 11.3 Å². The number of fused-ring (bicyclic) bond motifs is 1.